The summed E-state index contributed by atoms with van der Waals surface area (Å²) in [7, 11) is -2.00. The Labute approximate surface area is 200 Å². The van der Waals surface area contributed by atoms with Crippen LogP contribution in [0.1, 0.15) is 47.8 Å². The first-order valence-corrected chi connectivity index (χ1v) is 14.4. The van der Waals surface area contributed by atoms with Crippen molar-refractivity contribution in [1.82, 2.24) is 19.1 Å². The van der Waals surface area contributed by atoms with E-state index in [0.717, 1.165) is 0 Å². The fourth-order valence-electron chi connectivity index (χ4n) is 3.93. The molecule has 0 spiro atoms. The van der Waals surface area contributed by atoms with E-state index in [1.165, 1.54) is 36.4 Å². The molecule has 2 aliphatic heterocycles. The largest absolute Gasteiger partial charge is 0.414 e. The molecule has 0 N–H and O–H groups in total. The first-order chi connectivity index (χ1) is 15.7. The van der Waals surface area contributed by atoms with Crippen LogP contribution in [-0.4, -0.2) is 63.9 Å². The van der Waals surface area contributed by atoms with Crippen LogP contribution in [0.25, 0.3) is 17.4 Å². The van der Waals surface area contributed by atoms with Gasteiger partial charge in [-0.2, -0.15) is 0 Å². The van der Waals surface area contributed by atoms with E-state index >= 15 is 0 Å². The van der Waals surface area contributed by atoms with Gasteiger partial charge in [0.15, 0.2) is 37.3 Å². The molecule has 0 aromatic carbocycles. The number of allylic oxidation sites excluding steroid dienone is 1. The maximum atomic E-state index is 12.8. The van der Waals surface area contributed by atoms with Crippen molar-refractivity contribution in [2.24, 2.45) is 0 Å². The number of hydrogen-bond donors (Lipinski definition) is 0. The van der Waals surface area contributed by atoms with Crippen LogP contribution in [0.2, 0.25) is 18.1 Å². The van der Waals surface area contributed by atoms with Gasteiger partial charge in [-0.3, -0.25) is 18.7 Å². The molecule has 4 atom stereocenters. The minimum Gasteiger partial charge on any atom is -0.414 e. The molecule has 11 heteroatoms. The fraction of sp³-hybridized carbons (Fsp3) is 0.652. The van der Waals surface area contributed by atoms with Crippen molar-refractivity contribution in [3.63, 3.8) is 0 Å². The highest BCUT2D eigenvalue weighted by Crippen LogP contribution is 2.44. The molecule has 10 nitrogen and oxygen atoms in total. The number of aromatic nitrogens is 4. The maximum absolute atomic E-state index is 12.8. The fourth-order valence-corrected chi connectivity index (χ4v) is 4.94. The second kappa shape index (κ2) is 8.49. The molecule has 0 unspecified atom stereocenters. The number of nitrogens with zero attached hydrogens (tertiary/aromatic N) is 4. The normalized spacial score (nSPS) is 27.1. The molecule has 186 valence electrons. The van der Waals surface area contributed by atoms with Crippen molar-refractivity contribution in [3.8, 4) is 0 Å². The summed E-state index contributed by atoms with van der Waals surface area (Å²) >= 11 is 0. The van der Waals surface area contributed by atoms with Crippen LogP contribution in [0.3, 0.4) is 0 Å². The number of fused-ring (bicyclic) bond motifs is 2. The highest BCUT2D eigenvalue weighted by molar-refractivity contribution is 6.74. The first kappa shape index (κ1) is 24.9. The van der Waals surface area contributed by atoms with Crippen molar-refractivity contribution >= 4 is 31.5 Å². The van der Waals surface area contributed by atoms with Crippen LogP contribution < -0.4 is 5.56 Å². The van der Waals surface area contributed by atoms with Gasteiger partial charge in [-0.1, -0.05) is 20.8 Å². The highest BCUT2D eigenvalue weighted by Gasteiger charge is 2.56. The van der Waals surface area contributed by atoms with Crippen LogP contribution in [0.4, 0.5) is 0 Å². The molecule has 2 fully saturated rings. The number of rotatable bonds is 6. The lowest BCUT2D eigenvalue weighted by molar-refractivity contribution is -0.199. The third-order valence-corrected chi connectivity index (χ3v) is 11.3. The topological polar surface area (TPSA) is 107 Å². The molecular weight excluding hydrogens is 456 g/mol. The average molecular weight is 491 g/mol. The Morgan fingerprint density at radius 1 is 1.21 bits per heavy atom. The van der Waals surface area contributed by atoms with Gasteiger partial charge in [-0.05, 0) is 45.0 Å². The summed E-state index contributed by atoms with van der Waals surface area (Å²) in [5.41, 5.74) is 0.174. The monoisotopic (exact) mass is 490 g/mol. The smallest absolute Gasteiger partial charge is 0.285 e. The van der Waals surface area contributed by atoms with E-state index in [2.05, 4.69) is 43.8 Å². The zero-order valence-corrected chi connectivity index (χ0v) is 22.1. The Balaban J connectivity index is 1.64. The molecule has 2 aromatic heterocycles. The molecule has 2 saturated heterocycles. The van der Waals surface area contributed by atoms with E-state index in [9.17, 15) is 9.59 Å². The molecule has 0 aliphatic carbocycles. The van der Waals surface area contributed by atoms with Crippen molar-refractivity contribution < 1.29 is 23.4 Å². The van der Waals surface area contributed by atoms with Crippen molar-refractivity contribution in [2.75, 3.05) is 6.61 Å². The Hall–Kier alpha value is -2.18. The molecular formula is C23H34N4O6Si. The van der Waals surface area contributed by atoms with Crippen LogP contribution in [0.15, 0.2) is 23.5 Å². The molecule has 2 aliphatic rings. The summed E-state index contributed by atoms with van der Waals surface area (Å²) < 4.78 is 28.2. The van der Waals surface area contributed by atoms with Crippen molar-refractivity contribution in [1.29, 1.82) is 0 Å². The standard InChI is InChI=1S/C23H34N4O6Si/c1-14(28)9-10-26-12-25-19-16(20(26)29)24-13-27(19)21-18-17(32-23(5,6)33-18)15(31-21)11-30-34(7,8)22(2,3)4/h9-10,12-13,15,17-18,21H,11H2,1-8H3/b10-9+/t15-,17-,18-,21-/m1/s1. The summed E-state index contributed by atoms with van der Waals surface area (Å²) in [6, 6.07) is 0. The molecule has 0 amide bonds. The highest BCUT2D eigenvalue weighted by atomic mass is 28.4. The predicted octanol–water partition coefficient (Wildman–Crippen LogP) is 3.09. The summed E-state index contributed by atoms with van der Waals surface area (Å²) in [5, 5.41) is 0.0674. The minimum atomic E-state index is -2.00. The lowest BCUT2D eigenvalue weighted by Gasteiger charge is -2.37. The zero-order valence-electron chi connectivity index (χ0n) is 21.1. The van der Waals surface area contributed by atoms with Gasteiger partial charge < -0.3 is 18.6 Å². The van der Waals surface area contributed by atoms with Crippen LogP contribution >= 0.6 is 0 Å². The van der Waals surface area contributed by atoms with Crippen molar-refractivity contribution in [2.45, 2.75) is 90.0 Å². The second-order valence-electron chi connectivity index (χ2n) is 10.9. The maximum Gasteiger partial charge on any atom is 0.285 e. The molecule has 34 heavy (non-hydrogen) atoms. The summed E-state index contributed by atoms with van der Waals surface area (Å²) in [6.45, 7) is 16.5. The Bertz CT molecular complexity index is 1180. The van der Waals surface area contributed by atoms with Gasteiger partial charge in [-0.15, -0.1) is 0 Å². The lowest BCUT2D eigenvalue weighted by atomic mass is 10.1. The first-order valence-electron chi connectivity index (χ1n) is 11.5. The van der Waals surface area contributed by atoms with Gasteiger partial charge in [0.25, 0.3) is 5.56 Å². The third-order valence-electron chi connectivity index (χ3n) is 6.79. The Morgan fingerprint density at radius 3 is 2.53 bits per heavy atom. The van der Waals surface area contributed by atoms with E-state index < -0.39 is 26.4 Å². The van der Waals surface area contributed by atoms with Crippen LogP contribution in [0, 0.1) is 0 Å². The van der Waals surface area contributed by atoms with E-state index in [1.807, 2.05) is 13.8 Å². The van der Waals surface area contributed by atoms with Gasteiger partial charge in [0, 0.05) is 6.20 Å². The van der Waals surface area contributed by atoms with E-state index in [0.29, 0.717) is 12.3 Å². The molecule has 4 rings (SSSR count). The van der Waals surface area contributed by atoms with Crippen LogP contribution in [0.5, 0.6) is 0 Å². The molecule has 4 heterocycles. The van der Waals surface area contributed by atoms with E-state index in [1.54, 1.807) is 4.57 Å². The minimum absolute atomic E-state index is 0.0674. The van der Waals surface area contributed by atoms with E-state index in [4.69, 9.17) is 18.6 Å². The number of ether oxygens (including phenoxy) is 3. The van der Waals surface area contributed by atoms with Gasteiger partial charge in [-0.25, -0.2) is 9.97 Å². The van der Waals surface area contributed by atoms with Crippen LogP contribution in [-0.2, 0) is 23.4 Å². The van der Waals surface area contributed by atoms with Gasteiger partial charge in [0.2, 0.25) is 0 Å². The van der Waals surface area contributed by atoms with Gasteiger partial charge >= 0.3 is 0 Å². The summed E-state index contributed by atoms with van der Waals surface area (Å²) in [4.78, 5) is 32.8. The number of ketones is 1. The van der Waals surface area contributed by atoms with E-state index in [-0.39, 0.29) is 34.1 Å². The molecule has 0 radical (unpaired) electrons. The predicted molar refractivity (Wildman–Crippen MR) is 129 cm³/mol. The quantitative estimate of drug-likeness (QED) is 0.449. The van der Waals surface area contributed by atoms with Gasteiger partial charge in [0.1, 0.15) is 24.6 Å². The number of hydrogen-bond acceptors (Lipinski definition) is 8. The lowest BCUT2D eigenvalue weighted by Crippen LogP contribution is -2.44. The zero-order chi connectivity index (χ0) is 25.1. The Morgan fingerprint density at radius 2 is 1.88 bits per heavy atom. The average Bonchev–Trinajstić information content (AvgIpc) is 3.36. The molecule has 2 aromatic rings. The SMILES string of the molecule is CC(=O)/C=C/n1cnc2c(ncn2[C@@H]2O[C@H](CO[Si](C)(C)C(C)(C)C)[C@H]3OC(C)(C)O[C@H]32)c1=O. The molecule has 0 bridgehead atoms. The van der Waals surface area contributed by atoms with Gasteiger partial charge in [0.05, 0.1) is 12.9 Å². The summed E-state index contributed by atoms with van der Waals surface area (Å²) in [5.74, 6) is -0.949. The Kier molecular flexibility index (Phi) is 6.22. The number of carbonyl (C=O) groups is 1. The van der Waals surface area contributed by atoms with Crippen molar-refractivity contribution in [3.05, 3.63) is 29.1 Å². The number of imidazole rings is 1. The number of carbonyl (C=O) groups excluding carboxylic acids is 1. The third kappa shape index (κ3) is 4.54. The molecule has 0 saturated carbocycles. The second-order valence-corrected chi connectivity index (χ2v) is 15.7. The summed E-state index contributed by atoms with van der Waals surface area (Å²) in [6.07, 6.45) is 3.90.